The first-order valence-corrected chi connectivity index (χ1v) is 6.76. The fourth-order valence-electron chi connectivity index (χ4n) is 1.92. The van der Waals surface area contributed by atoms with Crippen molar-refractivity contribution in [3.8, 4) is 5.75 Å². The van der Waals surface area contributed by atoms with Crippen LogP contribution in [0.4, 0.5) is 0 Å². The van der Waals surface area contributed by atoms with E-state index in [0.29, 0.717) is 17.2 Å². The van der Waals surface area contributed by atoms with Crippen molar-refractivity contribution in [1.82, 2.24) is 5.32 Å². The number of rotatable bonds is 4. The minimum Gasteiger partial charge on any atom is -0.480 e. The van der Waals surface area contributed by atoms with Crippen LogP contribution in [0.15, 0.2) is 18.2 Å². The lowest BCUT2D eigenvalue weighted by molar-refractivity contribution is -0.127. The van der Waals surface area contributed by atoms with E-state index in [2.05, 4.69) is 5.32 Å². The first kappa shape index (κ1) is 14.2. The van der Waals surface area contributed by atoms with Crippen LogP contribution >= 0.6 is 11.6 Å². The summed E-state index contributed by atoms with van der Waals surface area (Å²) in [6.45, 7) is 4.05. The molecule has 0 spiro atoms. The third kappa shape index (κ3) is 3.39. The molecule has 104 valence electrons. The molecule has 1 aliphatic rings. The van der Waals surface area contributed by atoms with E-state index in [1.165, 1.54) is 0 Å². The predicted octanol–water partition coefficient (Wildman–Crippen LogP) is 1.78. The van der Waals surface area contributed by atoms with Gasteiger partial charge in [0.15, 0.2) is 6.10 Å². The number of halogens is 1. The SMILES string of the molecule is CC(C)C(O)CNC(=O)C1Cc2cc(Cl)ccc2O1. The fourth-order valence-corrected chi connectivity index (χ4v) is 2.11. The number of benzene rings is 1. The number of amides is 1. The van der Waals surface area contributed by atoms with E-state index < -0.39 is 12.2 Å². The minimum atomic E-state index is -0.540. The summed E-state index contributed by atoms with van der Waals surface area (Å²) in [5.74, 6) is 0.613. The zero-order chi connectivity index (χ0) is 14.0. The Morgan fingerprint density at radius 2 is 2.32 bits per heavy atom. The largest absolute Gasteiger partial charge is 0.480 e. The number of fused-ring (bicyclic) bond motifs is 1. The van der Waals surface area contributed by atoms with Gasteiger partial charge in [0.2, 0.25) is 0 Å². The summed E-state index contributed by atoms with van der Waals surface area (Å²) in [6.07, 6.45) is -0.561. The lowest BCUT2D eigenvalue weighted by Crippen LogP contribution is -2.42. The van der Waals surface area contributed by atoms with Crippen LogP contribution in [0.5, 0.6) is 5.75 Å². The van der Waals surface area contributed by atoms with Crippen molar-refractivity contribution in [3.05, 3.63) is 28.8 Å². The summed E-state index contributed by atoms with van der Waals surface area (Å²) in [6, 6.07) is 5.32. The molecular weight excluding hydrogens is 266 g/mol. The molecule has 1 amide bonds. The number of carbonyl (C=O) groups is 1. The van der Waals surface area contributed by atoms with Crippen LogP contribution in [0, 0.1) is 5.92 Å². The van der Waals surface area contributed by atoms with Crippen molar-refractivity contribution in [1.29, 1.82) is 0 Å². The van der Waals surface area contributed by atoms with Gasteiger partial charge in [-0.05, 0) is 29.7 Å². The molecule has 0 aliphatic carbocycles. The second-order valence-corrected chi connectivity index (χ2v) is 5.56. The maximum absolute atomic E-state index is 11.9. The van der Waals surface area contributed by atoms with Crippen molar-refractivity contribution in [2.24, 2.45) is 5.92 Å². The Hall–Kier alpha value is -1.26. The number of ether oxygens (including phenoxy) is 1. The maximum atomic E-state index is 11.9. The van der Waals surface area contributed by atoms with Crippen LogP contribution in [0.3, 0.4) is 0 Å². The monoisotopic (exact) mass is 283 g/mol. The topological polar surface area (TPSA) is 58.6 Å². The zero-order valence-corrected chi connectivity index (χ0v) is 11.8. The molecule has 0 bridgehead atoms. The summed E-state index contributed by atoms with van der Waals surface area (Å²) in [4.78, 5) is 11.9. The van der Waals surface area contributed by atoms with Gasteiger partial charge in [-0.25, -0.2) is 0 Å². The van der Waals surface area contributed by atoms with Gasteiger partial charge in [-0.2, -0.15) is 0 Å². The molecule has 1 aromatic carbocycles. The van der Waals surface area contributed by atoms with Gasteiger partial charge in [0.05, 0.1) is 6.10 Å². The van der Waals surface area contributed by atoms with Crippen LogP contribution in [0.2, 0.25) is 5.02 Å². The summed E-state index contributed by atoms with van der Waals surface area (Å²) in [5, 5.41) is 13.0. The third-order valence-corrected chi connectivity index (χ3v) is 3.48. The Balaban J connectivity index is 1.90. The van der Waals surface area contributed by atoms with Gasteiger partial charge in [-0.3, -0.25) is 4.79 Å². The summed E-state index contributed by atoms with van der Waals surface area (Å²) in [7, 11) is 0. The lowest BCUT2D eigenvalue weighted by Gasteiger charge is -2.17. The summed E-state index contributed by atoms with van der Waals surface area (Å²) < 4.78 is 5.56. The third-order valence-electron chi connectivity index (χ3n) is 3.24. The molecule has 1 aliphatic heterocycles. The summed E-state index contributed by atoms with van der Waals surface area (Å²) in [5.41, 5.74) is 0.942. The van der Waals surface area contributed by atoms with Crippen molar-refractivity contribution >= 4 is 17.5 Å². The molecule has 2 atom stereocenters. The van der Waals surface area contributed by atoms with E-state index >= 15 is 0 Å². The van der Waals surface area contributed by atoms with Crippen LogP contribution in [0.1, 0.15) is 19.4 Å². The molecule has 5 heteroatoms. The molecule has 0 fully saturated rings. The average molecular weight is 284 g/mol. The number of nitrogens with one attached hydrogen (secondary N) is 1. The average Bonchev–Trinajstić information content (AvgIpc) is 2.78. The predicted molar refractivity (Wildman–Crippen MR) is 73.4 cm³/mol. The Morgan fingerprint density at radius 3 is 3.00 bits per heavy atom. The Bertz CT molecular complexity index is 476. The van der Waals surface area contributed by atoms with Crippen molar-refractivity contribution < 1.29 is 14.6 Å². The second kappa shape index (κ2) is 5.80. The molecule has 0 saturated carbocycles. The first-order chi connectivity index (χ1) is 8.97. The lowest BCUT2D eigenvalue weighted by atomic mass is 10.1. The molecule has 0 aromatic heterocycles. The van der Waals surface area contributed by atoms with Crippen molar-refractivity contribution in [2.45, 2.75) is 32.5 Å². The van der Waals surface area contributed by atoms with Gasteiger partial charge < -0.3 is 15.2 Å². The molecule has 0 radical (unpaired) electrons. The highest BCUT2D eigenvalue weighted by atomic mass is 35.5. The van der Waals surface area contributed by atoms with Gasteiger partial charge in [0, 0.05) is 18.0 Å². The van der Waals surface area contributed by atoms with E-state index in [1.54, 1.807) is 12.1 Å². The standard InChI is InChI=1S/C14H18ClNO3/c1-8(2)11(17)7-16-14(18)13-6-9-5-10(15)3-4-12(9)19-13/h3-5,8,11,13,17H,6-7H2,1-2H3,(H,16,18). The van der Waals surface area contributed by atoms with Crippen LogP contribution in [0.25, 0.3) is 0 Å². The second-order valence-electron chi connectivity index (χ2n) is 5.12. The highest BCUT2D eigenvalue weighted by Crippen LogP contribution is 2.31. The Labute approximate surface area is 117 Å². The maximum Gasteiger partial charge on any atom is 0.261 e. The molecular formula is C14H18ClNO3. The molecule has 1 heterocycles. The molecule has 0 saturated heterocycles. The highest BCUT2D eigenvalue weighted by Gasteiger charge is 2.29. The Kier molecular flexibility index (Phi) is 4.32. The summed E-state index contributed by atoms with van der Waals surface area (Å²) >= 11 is 5.90. The van der Waals surface area contributed by atoms with Gasteiger partial charge in [0.25, 0.3) is 5.91 Å². The van der Waals surface area contributed by atoms with Gasteiger partial charge in [-0.15, -0.1) is 0 Å². The highest BCUT2D eigenvalue weighted by molar-refractivity contribution is 6.30. The van der Waals surface area contributed by atoms with Crippen LogP contribution < -0.4 is 10.1 Å². The van der Waals surface area contributed by atoms with Crippen molar-refractivity contribution in [2.75, 3.05) is 6.54 Å². The van der Waals surface area contributed by atoms with E-state index in [-0.39, 0.29) is 18.4 Å². The van der Waals surface area contributed by atoms with Crippen LogP contribution in [-0.2, 0) is 11.2 Å². The number of carbonyl (C=O) groups excluding carboxylic acids is 1. The number of hydrogen-bond donors (Lipinski definition) is 2. The van der Waals surface area contributed by atoms with E-state index in [9.17, 15) is 9.90 Å². The zero-order valence-electron chi connectivity index (χ0n) is 11.0. The molecule has 1 aromatic rings. The molecule has 2 unspecified atom stereocenters. The molecule has 2 rings (SSSR count). The number of aliphatic hydroxyl groups is 1. The van der Waals surface area contributed by atoms with Gasteiger partial charge in [0.1, 0.15) is 5.75 Å². The quantitative estimate of drug-likeness (QED) is 0.885. The normalized spacial score (nSPS) is 18.9. The Morgan fingerprint density at radius 1 is 1.58 bits per heavy atom. The molecule has 2 N–H and O–H groups in total. The molecule has 19 heavy (non-hydrogen) atoms. The molecule has 4 nitrogen and oxygen atoms in total. The number of aliphatic hydroxyl groups excluding tert-OH is 1. The minimum absolute atomic E-state index is 0.112. The fraction of sp³-hybridized carbons (Fsp3) is 0.500. The van der Waals surface area contributed by atoms with E-state index in [0.717, 1.165) is 5.56 Å². The van der Waals surface area contributed by atoms with E-state index in [4.69, 9.17) is 16.3 Å². The number of hydrogen-bond acceptors (Lipinski definition) is 3. The van der Waals surface area contributed by atoms with Gasteiger partial charge in [-0.1, -0.05) is 25.4 Å². The van der Waals surface area contributed by atoms with Gasteiger partial charge >= 0.3 is 0 Å². The smallest absolute Gasteiger partial charge is 0.261 e. The van der Waals surface area contributed by atoms with Crippen molar-refractivity contribution in [3.63, 3.8) is 0 Å². The van der Waals surface area contributed by atoms with E-state index in [1.807, 2.05) is 19.9 Å². The van der Waals surface area contributed by atoms with Crippen LogP contribution in [-0.4, -0.2) is 29.8 Å². The first-order valence-electron chi connectivity index (χ1n) is 6.38.